The number of rotatable bonds is 11. The minimum Gasteiger partial charge on any atom is -0.494 e. The third-order valence-electron chi connectivity index (χ3n) is 5.24. The first-order valence-corrected chi connectivity index (χ1v) is 9.95. The molecule has 3 nitrogen and oxygen atoms in total. The lowest BCUT2D eigenvalue weighted by Gasteiger charge is -2.08. The fourth-order valence-electron chi connectivity index (χ4n) is 3.67. The van der Waals surface area contributed by atoms with Crippen LogP contribution in [-0.4, -0.2) is 14.8 Å². The average molecular weight is 334 g/mol. The Morgan fingerprint density at radius 1 is 0.833 bits per heavy atom. The first kappa shape index (κ1) is 19.0. The van der Waals surface area contributed by atoms with Crippen LogP contribution in [0.1, 0.15) is 95.6 Å². The highest BCUT2D eigenvalue weighted by molar-refractivity contribution is 5.67. The summed E-state index contributed by atoms with van der Waals surface area (Å²) < 4.78 is 1.70. The van der Waals surface area contributed by atoms with Crippen LogP contribution in [0.3, 0.4) is 0 Å². The first-order chi connectivity index (χ1) is 11.6. The van der Waals surface area contributed by atoms with E-state index < -0.39 is 0 Å². The number of allylic oxidation sites excluding steroid dienone is 1. The molecule has 0 fully saturated rings. The third-order valence-corrected chi connectivity index (χ3v) is 5.24. The molecule has 1 aliphatic rings. The molecule has 0 saturated heterocycles. The van der Waals surface area contributed by atoms with Crippen LogP contribution in [0.25, 0.3) is 6.08 Å². The monoisotopic (exact) mass is 333 g/mol. The second-order valence-corrected chi connectivity index (χ2v) is 7.36. The number of nitrogens with zero attached hydrogens (tertiary/aromatic N) is 1. The molecule has 0 spiro atoms. The molecular weight excluding hydrogens is 298 g/mol. The lowest BCUT2D eigenvalue weighted by Crippen LogP contribution is -1.97. The zero-order valence-electron chi connectivity index (χ0n) is 15.6. The van der Waals surface area contributed by atoms with E-state index in [2.05, 4.69) is 13.8 Å². The fraction of sp³-hybridized carbons (Fsp3) is 0.714. The summed E-state index contributed by atoms with van der Waals surface area (Å²) in [4.78, 5) is 0. The van der Waals surface area contributed by atoms with Crippen LogP contribution in [0.4, 0.5) is 0 Å². The van der Waals surface area contributed by atoms with Gasteiger partial charge in [-0.1, -0.05) is 76.4 Å². The van der Waals surface area contributed by atoms with Gasteiger partial charge < -0.3 is 10.2 Å². The van der Waals surface area contributed by atoms with E-state index in [1.54, 1.807) is 4.57 Å². The van der Waals surface area contributed by atoms with Crippen molar-refractivity contribution >= 4 is 6.08 Å². The van der Waals surface area contributed by atoms with Gasteiger partial charge in [-0.25, -0.2) is 0 Å². The van der Waals surface area contributed by atoms with E-state index in [1.807, 2.05) is 6.08 Å². The van der Waals surface area contributed by atoms with E-state index in [0.717, 1.165) is 30.4 Å². The van der Waals surface area contributed by atoms with Gasteiger partial charge in [0.2, 0.25) is 5.88 Å². The summed E-state index contributed by atoms with van der Waals surface area (Å²) >= 11 is 0. The van der Waals surface area contributed by atoms with Crippen LogP contribution in [0.5, 0.6) is 11.8 Å². The van der Waals surface area contributed by atoms with Crippen LogP contribution in [0.2, 0.25) is 0 Å². The van der Waals surface area contributed by atoms with Gasteiger partial charge in [-0.2, -0.15) is 0 Å². The highest BCUT2D eigenvalue weighted by Crippen LogP contribution is 2.39. The molecule has 1 heterocycles. The summed E-state index contributed by atoms with van der Waals surface area (Å²) in [7, 11) is 0. The maximum Gasteiger partial charge on any atom is 0.201 e. The summed E-state index contributed by atoms with van der Waals surface area (Å²) in [6.45, 7) is 5.06. The van der Waals surface area contributed by atoms with Gasteiger partial charge >= 0.3 is 0 Å². The van der Waals surface area contributed by atoms with E-state index in [0.29, 0.717) is 6.54 Å². The highest BCUT2D eigenvalue weighted by Gasteiger charge is 2.22. The van der Waals surface area contributed by atoms with Crippen LogP contribution in [-0.2, 0) is 13.0 Å². The summed E-state index contributed by atoms with van der Waals surface area (Å²) in [6, 6.07) is 0. The van der Waals surface area contributed by atoms with Crippen molar-refractivity contribution in [2.24, 2.45) is 0 Å². The molecule has 0 saturated carbocycles. The van der Waals surface area contributed by atoms with Gasteiger partial charge in [0, 0.05) is 17.7 Å². The zero-order chi connectivity index (χ0) is 17.4. The molecular formula is C21H35NO2. The van der Waals surface area contributed by atoms with E-state index in [9.17, 15) is 10.2 Å². The fourth-order valence-corrected chi connectivity index (χ4v) is 3.67. The summed E-state index contributed by atoms with van der Waals surface area (Å²) in [5.74, 6) is 0.527. The third kappa shape index (κ3) is 5.06. The quantitative estimate of drug-likeness (QED) is 0.476. The second kappa shape index (κ2) is 9.80. The number of hydrogen-bond donors (Lipinski definition) is 2. The van der Waals surface area contributed by atoms with Crippen molar-refractivity contribution in [3.63, 3.8) is 0 Å². The van der Waals surface area contributed by atoms with Crippen molar-refractivity contribution in [2.45, 2.75) is 97.4 Å². The summed E-state index contributed by atoms with van der Waals surface area (Å²) in [6.07, 6.45) is 16.8. The predicted octanol–water partition coefficient (Wildman–Crippen LogP) is 6.17. The lowest BCUT2D eigenvalue weighted by molar-refractivity contribution is 0.359. The molecule has 0 radical (unpaired) electrons. The van der Waals surface area contributed by atoms with Crippen molar-refractivity contribution in [3.05, 3.63) is 16.7 Å². The van der Waals surface area contributed by atoms with E-state index in [-0.39, 0.29) is 11.8 Å². The van der Waals surface area contributed by atoms with Gasteiger partial charge in [0.05, 0.1) is 0 Å². The van der Waals surface area contributed by atoms with E-state index >= 15 is 0 Å². The summed E-state index contributed by atoms with van der Waals surface area (Å²) in [5, 5.41) is 20.7. The molecule has 1 aliphatic carbocycles. The van der Waals surface area contributed by atoms with Crippen molar-refractivity contribution in [3.8, 4) is 11.8 Å². The molecule has 1 aromatic heterocycles. The Morgan fingerprint density at radius 3 is 2.04 bits per heavy atom. The van der Waals surface area contributed by atoms with E-state index in [4.69, 9.17) is 0 Å². The van der Waals surface area contributed by atoms with Gasteiger partial charge in [0.1, 0.15) is 0 Å². The van der Waals surface area contributed by atoms with Crippen LogP contribution in [0.15, 0.2) is 5.57 Å². The molecule has 0 aromatic carbocycles. The normalized spacial score (nSPS) is 13.8. The van der Waals surface area contributed by atoms with Crippen LogP contribution < -0.4 is 0 Å². The van der Waals surface area contributed by atoms with Crippen molar-refractivity contribution in [2.75, 3.05) is 0 Å². The number of aromatic hydroxyl groups is 2. The topological polar surface area (TPSA) is 45.4 Å². The Kier molecular flexibility index (Phi) is 7.74. The highest BCUT2D eigenvalue weighted by atomic mass is 16.3. The largest absolute Gasteiger partial charge is 0.494 e. The molecule has 0 amide bonds. The molecule has 136 valence electrons. The van der Waals surface area contributed by atoms with Gasteiger partial charge in [-0.05, 0) is 26.2 Å². The van der Waals surface area contributed by atoms with Crippen LogP contribution in [0, 0.1) is 0 Å². The molecule has 0 bridgehead atoms. The average Bonchev–Trinajstić information content (AvgIpc) is 2.80. The lowest BCUT2D eigenvalue weighted by atomic mass is 9.96. The standard InChI is InChI=1S/C21H35NO2/c1-3-4-5-6-7-8-9-10-11-12-15-22-20(23)18-14-13-17(2)16-19(18)21(22)24/h16,23-24H,3-15H2,1-2H3. The molecule has 1 aromatic rings. The Balaban J connectivity index is 1.67. The van der Waals surface area contributed by atoms with Crippen molar-refractivity contribution in [1.29, 1.82) is 0 Å². The van der Waals surface area contributed by atoms with Crippen molar-refractivity contribution in [1.82, 2.24) is 4.57 Å². The SMILES string of the molecule is CCCCCCCCCCCCn1c(O)c2c(c1O)CCC(C)=C2. The Hall–Kier alpha value is -1.38. The number of fused-ring (bicyclic) bond motifs is 1. The van der Waals surface area contributed by atoms with Gasteiger partial charge in [-0.3, -0.25) is 4.57 Å². The maximum atomic E-state index is 10.4. The minimum absolute atomic E-state index is 0.248. The van der Waals surface area contributed by atoms with Gasteiger partial charge in [0.15, 0.2) is 5.88 Å². The molecule has 0 aliphatic heterocycles. The predicted molar refractivity (Wildman–Crippen MR) is 102 cm³/mol. The molecule has 2 rings (SSSR count). The number of hydrogen-bond acceptors (Lipinski definition) is 2. The van der Waals surface area contributed by atoms with Gasteiger partial charge in [-0.15, -0.1) is 0 Å². The Bertz CT molecular complexity index is 543. The minimum atomic E-state index is 0.248. The van der Waals surface area contributed by atoms with Crippen molar-refractivity contribution < 1.29 is 10.2 Å². The molecule has 3 heteroatoms. The maximum absolute atomic E-state index is 10.4. The molecule has 0 unspecified atom stereocenters. The van der Waals surface area contributed by atoms with E-state index in [1.165, 1.54) is 63.4 Å². The Labute approximate surface area is 147 Å². The summed E-state index contributed by atoms with van der Waals surface area (Å²) in [5.41, 5.74) is 3.03. The van der Waals surface area contributed by atoms with Gasteiger partial charge in [0.25, 0.3) is 0 Å². The second-order valence-electron chi connectivity index (χ2n) is 7.36. The zero-order valence-corrected chi connectivity index (χ0v) is 15.6. The Morgan fingerprint density at radius 2 is 1.42 bits per heavy atom. The molecule has 2 N–H and O–H groups in total. The first-order valence-electron chi connectivity index (χ1n) is 9.95. The number of unbranched alkanes of at least 4 members (excludes halogenated alkanes) is 9. The molecule has 0 atom stereocenters. The molecule has 24 heavy (non-hydrogen) atoms. The smallest absolute Gasteiger partial charge is 0.201 e. The number of aromatic nitrogens is 1. The van der Waals surface area contributed by atoms with Crippen LogP contribution >= 0.6 is 0 Å².